The minimum absolute atomic E-state index is 0.0346. The summed E-state index contributed by atoms with van der Waals surface area (Å²) in [7, 11) is 0. The Morgan fingerprint density at radius 2 is 1.71 bits per heavy atom. The molecule has 8 nitrogen and oxygen atoms in total. The smallest absolute Gasteiger partial charge is 0.405 e. The number of nitrogens with one attached hydrogen (secondary N) is 2. The van der Waals surface area contributed by atoms with Crippen LogP contribution in [0, 0.1) is 0 Å². The highest BCUT2D eigenvalue weighted by Crippen LogP contribution is 2.28. The maximum Gasteiger partial charge on any atom is 0.405 e. The van der Waals surface area contributed by atoms with Gasteiger partial charge < -0.3 is 25.3 Å². The third-order valence-electron chi connectivity index (χ3n) is 6.06. The first-order chi connectivity index (χ1) is 18.1. The number of hydrogen-bond donors (Lipinski definition) is 3. The molecule has 1 fully saturated rings. The molecular formula is C25H24F5N5O3. The summed E-state index contributed by atoms with van der Waals surface area (Å²) in [6.45, 7) is -3.17. The SMILES string of the molecule is O=CC(c1ccc(Nc2ncc(-c3ccc(OC(F)F)cc3)cn2)cc1)C(O)N1CCNC(C(F)(F)F)C1. The number of aliphatic hydroxyl groups excluding tert-OH is 1. The number of nitrogens with zero attached hydrogens (tertiary/aromatic N) is 3. The topological polar surface area (TPSA) is 99.6 Å². The van der Waals surface area contributed by atoms with Crippen LogP contribution >= 0.6 is 0 Å². The van der Waals surface area contributed by atoms with Crippen molar-refractivity contribution in [2.24, 2.45) is 0 Å². The standard InChI is InChI=1S/C25H24F5N5O3/c26-23(27)38-19-7-3-15(4-8-19)17-11-32-24(33-12-17)34-18-5-1-16(2-6-18)20(14-36)22(37)35-10-9-31-21(13-35)25(28,29)30/h1-8,11-12,14,20-23,31,37H,9-10,13H2,(H,32,33,34). The second-order valence-electron chi connectivity index (χ2n) is 8.56. The lowest BCUT2D eigenvalue weighted by molar-refractivity contribution is -0.173. The van der Waals surface area contributed by atoms with Crippen molar-refractivity contribution < 1.29 is 36.6 Å². The van der Waals surface area contributed by atoms with Crippen LogP contribution < -0.4 is 15.4 Å². The van der Waals surface area contributed by atoms with E-state index in [4.69, 9.17) is 0 Å². The number of ether oxygens (including phenoxy) is 1. The summed E-state index contributed by atoms with van der Waals surface area (Å²) in [6, 6.07) is 10.7. The number of aldehydes is 1. The van der Waals surface area contributed by atoms with Crippen LogP contribution in [0.2, 0.25) is 0 Å². The zero-order valence-corrected chi connectivity index (χ0v) is 19.8. The van der Waals surface area contributed by atoms with Gasteiger partial charge in [-0.15, -0.1) is 0 Å². The number of aliphatic hydroxyl groups is 1. The van der Waals surface area contributed by atoms with Crippen LogP contribution in [0.25, 0.3) is 11.1 Å². The molecule has 3 atom stereocenters. The molecule has 38 heavy (non-hydrogen) atoms. The summed E-state index contributed by atoms with van der Waals surface area (Å²) in [6.07, 6.45) is -2.25. The molecule has 3 aromatic rings. The molecule has 4 rings (SSSR count). The Balaban J connectivity index is 1.38. The summed E-state index contributed by atoms with van der Waals surface area (Å²) < 4.78 is 68.2. The summed E-state index contributed by atoms with van der Waals surface area (Å²) in [5.74, 6) is -0.733. The van der Waals surface area contributed by atoms with Crippen LogP contribution in [-0.2, 0) is 4.79 Å². The minimum atomic E-state index is -4.46. The Morgan fingerprint density at radius 1 is 1.05 bits per heavy atom. The molecule has 13 heteroatoms. The van der Waals surface area contributed by atoms with Crippen molar-refractivity contribution in [3.8, 4) is 16.9 Å². The number of carbonyl (C=O) groups excluding carboxylic acids is 1. The zero-order chi connectivity index (χ0) is 27.3. The van der Waals surface area contributed by atoms with Crippen LogP contribution in [0.3, 0.4) is 0 Å². The highest BCUT2D eigenvalue weighted by molar-refractivity contribution is 5.65. The van der Waals surface area contributed by atoms with Crippen molar-refractivity contribution in [3.63, 3.8) is 0 Å². The van der Waals surface area contributed by atoms with Crippen molar-refractivity contribution in [1.29, 1.82) is 0 Å². The molecule has 2 heterocycles. The second kappa shape index (κ2) is 11.8. The zero-order valence-electron chi connectivity index (χ0n) is 19.8. The largest absolute Gasteiger partial charge is 0.435 e. The summed E-state index contributed by atoms with van der Waals surface area (Å²) in [5, 5.41) is 16.0. The number of carbonyl (C=O) groups is 1. The number of hydrogen-bond acceptors (Lipinski definition) is 8. The van der Waals surface area contributed by atoms with Gasteiger partial charge in [0.25, 0.3) is 0 Å². The van der Waals surface area contributed by atoms with Crippen molar-refractivity contribution >= 4 is 17.9 Å². The second-order valence-corrected chi connectivity index (χ2v) is 8.56. The summed E-state index contributed by atoms with van der Waals surface area (Å²) in [5.41, 5.74) is 2.37. The Bertz CT molecular complexity index is 1190. The molecule has 0 spiro atoms. The lowest BCUT2D eigenvalue weighted by Crippen LogP contribution is -2.60. The first kappa shape index (κ1) is 27.4. The van der Waals surface area contributed by atoms with Crippen LogP contribution in [-0.4, -0.2) is 71.0 Å². The molecule has 0 aliphatic carbocycles. The van der Waals surface area contributed by atoms with Crippen molar-refractivity contribution in [3.05, 3.63) is 66.5 Å². The lowest BCUT2D eigenvalue weighted by atomic mass is 9.97. The molecule has 0 saturated carbocycles. The van der Waals surface area contributed by atoms with Gasteiger partial charge in [-0.1, -0.05) is 24.3 Å². The first-order valence-corrected chi connectivity index (χ1v) is 11.6. The average molecular weight is 537 g/mol. The first-order valence-electron chi connectivity index (χ1n) is 11.6. The van der Waals surface area contributed by atoms with Gasteiger partial charge in [-0.25, -0.2) is 9.97 Å². The molecule has 1 saturated heterocycles. The van der Waals surface area contributed by atoms with Gasteiger partial charge in [-0.3, -0.25) is 4.90 Å². The fourth-order valence-corrected chi connectivity index (χ4v) is 4.07. The van der Waals surface area contributed by atoms with E-state index >= 15 is 0 Å². The molecule has 3 unspecified atom stereocenters. The van der Waals surface area contributed by atoms with Gasteiger partial charge in [0.1, 0.15) is 24.3 Å². The van der Waals surface area contributed by atoms with E-state index in [1.807, 2.05) is 0 Å². The quantitative estimate of drug-likeness (QED) is 0.279. The number of rotatable bonds is 9. The number of aromatic nitrogens is 2. The predicted octanol–water partition coefficient (Wildman–Crippen LogP) is 3.93. The van der Waals surface area contributed by atoms with E-state index in [2.05, 4.69) is 25.3 Å². The average Bonchev–Trinajstić information content (AvgIpc) is 2.90. The molecule has 1 aromatic heterocycles. The van der Waals surface area contributed by atoms with E-state index in [1.165, 1.54) is 17.0 Å². The Morgan fingerprint density at radius 3 is 2.29 bits per heavy atom. The Hall–Kier alpha value is -3.68. The maximum absolute atomic E-state index is 13.1. The predicted molar refractivity (Wildman–Crippen MR) is 128 cm³/mol. The molecule has 0 radical (unpaired) electrons. The van der Waals surface area contributed by atoms with Crippen LogP contribution in [0.5, 0.6) is 5.75 Å². The van der Waals surface area contributed by atoms with Gasteiger partial charge in [0, 0.05) is 43.3 Å². The molecule has 1 aliphatic heterocycles. The van der Waals surface area contributed by atoms with Crippen LogP contribution in [0.4, 0.5) is 33.6 Å². The van der Waals surface area contributed by atoms with E-state index in [0.29, 0.717) is 28.7 Å². The van der Waals surface area contributed by atoms with Crippen molar-refractivity contribution in [1.82, 2.24) is 20.2 Å². The van der Waals surface area contributed by atoms with Crippen molar-refractivity contribution in [2.45, 2.75) is 31.0 Å². The fraction of sp³-hybridized carbons (Fsp3) is 0.320. The Kier molecular flexibility index (Phi) is 8.49. The summed E-state index contributed by atoms with van der Waals surface area (Å²) in [4.78, 5) is 21.5. The molecule has 3 N–H and O–H groups in total. The third kappa shape index (κ3) is 6.79. The number of anilines is 2. The molecule has 0 amide bonds. The highest BCUT2D eigenvalue weighted by atomic mass is 19.4. The normalized spacial score (nSPS) is 18.1. The summed E-state index contributed by atoms with van der Waals surface area (Å²) >= 11 is 0. The van der Waals surface area contributed by atoms with Gasteiger partial charge in [-0.2, -0.15) is 22.0 Å². The molecule has 1 aliphatic rings. The minimum Gasteiger partial charge on any atom is -0.435 e. The molecule has 202 valence electrons. The fourth-order valence-electron chi connectivity index (χ4n) is 4.07. The molecule has 2 aromatic carbocycles. The Labute approximate surface area is 214 Å². The van der Waals surface area contributed by atoms with Gasteiger partial charge in [0.15, 0.2) is 0 Å². The number of piperazine rings is 1. The van der Waals surface area contributed by atoms with Crippen LogP contribution in [0.15, 0.2) is 60.9 Å². The highest BCUT2D eigenvalue weighted by Gasteiger charge is 2.43. The number of halogens is 5. The number of benzene rings is 2. The molecular weight excluding hydrogens is 513 g/mol. The van der Waals surface area contributed by atoms with E-state index in [1.54, 1.807) is 48.8 Å². The van der Waals surface area contributed by atoms with E-state index in [9.17, 15) is 31.9 Å². The van der Waals surface area contributed by atoms with E-state index in [0.717, 1.165) is 0 Å². The maximum atomic E-state index is 13.1. The monoisotopic (exact) mass is 537 g/mol. The van der Waals surface area contributed by atoms with Crippen LogP contribution in [0.1, 0.15) is 11.5 Å². The van der Waals surface area contributed by atoms with Gasteiger partial charge in [0.05, 0.1) is 5.92 Å². The van der Waals surface area contributed by atoms with E-state index in [-0.39, 0.29) is 24.8 Å². The van der Waals surface area contributed by atoms with Crippen molar-refractivity contribution in [2.75, 3.05) is 25.0 Å². The lowest BCUT2D eigenvalue weighted by Gasteiger charge is -2.38. The van der Waals surface area contributed by atoms with Gasteiger partial charge in [-0.05, 0) is 35.4 Å². The van der Waals surface area contributed by atoms with Gasteiger partial charge in [0.2, 0.25) is 5.95 Å². The third-order valence-corrected chi connectivity index (χ3v) is 6.06. The number of alkyl halides is 5. The van der Waals surface area contributed by atoms with E-state index < -0.39 is 37.5 Å². The molecule has 0 bridgehead atoms. The van der Waals surface area contributed by atoms with Gasteiger partial charge >= 0.3 is 12.8 Å².